The van der Waals surface area contributed by atoms with Gasteiger partial charge in [-0.2, -0.15) is 0 Å². The van der Waals surface area contributed by atoms with Gasteiger partial charge in [0.2, 0.25) is 5.91 Å². The molecule has 1 saturated heterocycles. The van der Waals surface area contributed by atoms with Crippen LogP contribution in [0.1, 0.15) is 19.3 Å². The van der Waals surface area contributed by atoms with Crippen molar-refractivity contribution >= 4 is 29.2 Å². The second-order valence-electron chi connectivity index (χ2n) is 5.82. The lowest BCUT2D eigenvalue weighted by molar-refractivity contribution is -0.144. The predicted octanol–water partition coefficient (Wildman–Crippen LogP) is 1.99. The number of rotatable bonds is 5. The number of methoxy groups -OCH3 is 1. The van der Waals surface area contributed by atoms with Crippen LogP contribution in [0.5, 0.6) is 0 Å². The Hall–Kier alpha value is -1.59. The summed E-state index contributed by atoms with van der Waals surface area (Å²) in [7, 11) is 1.38. The Morgan fingerprint density at radius 3 is 2.82 bits per heavy atom. The standard InChI is InChI=1S/C16H19ClN2O3/c1-22-16(21)14(10-5-6-10)18-13-7-8-19(15(13)20)12-4-2-3-11(17)9-12/h2-4,9-10,13-14,18H,5-8H2,1H3/t13-,14-/m1/s1. The Bertz CT molecular complexity index is 589. The van der Waals surface area contributed by atoms with Crippen LogP contribution in [-0.2, 0) is 14.3 Å². The molecule has 1 saturated carbocycles. The number of esters is 1. The lowest BCUT2D eigenvalue weighted by Crippen LogP contribution is -2.48. The zero-order valence-electron chi connectivity index (χ0n) is 12.4. The molecule has 0 bridgehead atoms. The van der Waals surface area contributed by atoms with Gasteiger partial charge in [0.1, 0.15) is 6.04 Å². The number of hydrogen-bond acceptors (Lipinski definition) is 4. The van der Waals surface area contributed by atoms with Gasteiger partial charge in [-0.15, -0.1) is 0 Å². The van der Waals surface area contributed by atoms with Crippen molar-refractivity contribution in [2.75, 3.05) is 18.6 Å². The highest BCUT2D eigenvalue weighted by molar-refractivity contribution is 6.31. The van der Waals surface area contributed by atoms with E-state index in [1.54, 1.807) is 17.0 Å². The molecule has 2 atom stereocenters. The SMILES string of the molecule is COC(=O)[C@H](N[C@@H]1CCN(c2cccc(Cl)c2)C1=O)C1CC1. The van der Waals surface area contributed by atoms with Gasteiger partial charge in [-0.05, 0) is 43.4 Å². The summed E-state index contributed by atoms with van der Waals surface area (Å²) in [5, 5.41) is 3.80. The van der Waals surface area contributed by atoms with Crippen LogP contribution < -0.4 is 10.2 Å². The lowest BCUT2D eigenvalue weighted by atomic mass is 10.1. The molecule has 1 heterocycles. The maximum Gasteiger partial charge on any atom is 0.323 e. The second kappa shape index (κ2) is 6.26. The number of benzene rings is 1. The highest BCUT2D eigenvalue weighted by Crippen LogP contribution is 2.34. The molecular weight excluding hydrogens is 304 g/mol. The van der Waals surface area contributed by atoms with Crippen molar-refractivity contribution in [2.24, 2.45) is 5.92 Å². The molecule has 5 nitrogen and oxygen atoms in total. The number of carbonyl (C=O) groups excluding carboxylic acids is 2. The van der Waals surface area contributed by atoms with Crippen molar-refractivity contribution in [2.45, 2.75) is 31.3 Å². The number of nitrogens with one attached hydrogen (secondary N) is 1. The molecule has 2 aliphatic rings. The monoisotopic (exact) mass is 322 g/mol. The van der Waals surface area contributed by atoms with Gasteiger partial charge in [0, 0.05) is 17.3 Å². The summed E-state index contributed by atoms with van der Waals surface area (Å²) in [6.07, 6.45) is 2.68. The van der Waals surface area contributed by atoms with E-state index in [0.29, 0.717) is 23.9 Å². The van der Waals surface area contributed by atoms with Crippen LogP contribution >= 0.6 is 11.6 Å². The number of anilines is 1. The molecule has 118 valence electrons. The third-order valence-corrected chi connectivity index (χ3v) is 4.49. The summed E-state index contributed by atoms with van der Waals surface area (Å²) < 4.78 is 4.84. The van der Waals surface area contributed by atoms with Crippen molar-refractivity contribution in [3.63, 3.8) is 0 Å². The number of carbonyl (C=O) groups is 2. The number of halogens is 1. The molecule has 2 fully saturated rings. The van der Waals surface area contributed by atoms with E-state index in [1.165, 1.54) is 7.11 Å². The van der Waals surface area contributed by atoms with Crippen LogP contribution in [0, 0.1) is 5.92 Å². The number of ether oxygens (including phenoxy) is 1. The summed E-state index contributed by atoms with van der Waals surface area (Å²) >= 11 is 5.99. The summed E-state index contributed by atoms with van der Waals surface area (Å²) in [5.74, 6) is -0.00575. The summed E-state index contributed by atoms with van der Waals surface area (Å²) in [6, 6.07) is 6.53. The molecule has 0 radical (unpaired) electrons. The Morgan fingerprint density at radius 1 is 1.41 bits per heavy atom. The molecule has 1 aromatic carbocycles. The molecule has 6 heteroatoms. The summed E-state index contributed by atoms with van der Waals surface area (Å²) in [5.41, 5.74) is 0.794. The first kappa shape index (κ1) is 15.3. The predicted molar refractivity (Wildman–Crippen MR) is 83.9 cm³/mol. The first-order valence-electron chi connectivity index (χ1n) is 7.51. The Morgan fingerprint density at radius 2 is 2.18 bits per heavy atom. The van der Waals surface area contributed by atoms with Gasteiger partial charge in [-0.1, -0.05) is 17.7 Å². The number of nitrogens with zero attached hydrogens (tertiary/aromatic N) is 1. The fraction of sp³-hybridized carbons (Fsp3) is 0.500. The van der Waals surface area contributed by atoms with Gasteiger partial charge in [0.15, 0.2) is 0 Å². The van der Waals surface area contributed by atoms with E-state index >= 15 is 0 Å². The van der Waals surface area contributed by atoms with Gasteiger partial charge in [0.05, 0.1) is 13.2 Å². The molecule has 0 unspecified atom stereocenters. The van der Waals surface area contributed by atoms with Gasteiger partial charge in [-0.25, -0.2) is 0 Å². The van der Waals surface area contributed by atoms with Gasteiger partial charge >= 0.3 is 5.97 Å². The normalized spacial score (nSPS) is 22.7. The van der Waals surface area contributed by atoms with E-state index in [9.17, 15) is 9.59 Å². The van der Waals surface area contributed by atoms with E-state index in [1.807, 2.05) is 12.1 Å². The van der Waals surface area contributed by atoms with Crippen LogP contribution in [0.25, 0.3) is 0 Å². The molecule has 1 N–H and O–H groups in total. The topological polar surface area (TPSA) is 58.6 Å². The first-order valence-corrected chi connectivity index (χ1v) is 7.89. The van der Waals surface area contributed by atoms with Crippen molar-refractivity contribution in [3.8, 4) is 0 Å². The lowest BCUT2D eigenvalue weighted by Gasteiger charge is -2.21. The zero-order chi connectivity index (χ0) is 15.7. The summed E-state index contributed by atoms with van der Waals surface area (Å²) in [4.78, 5) is 26.1. The van der Waals surface area contributed by atoms with Crippen LogP contribution in [0.4, 0.5) is 5.69 Å². The van der Waals surface area contributed by atoms with Crippen molar-refractivity contribution < 1.29 is 14.3 Å². The first-order chi connectivity index (χ1) is 10.6. The number of amides is 1. The van der Waals surface area contributed by atoms with Gasteiger partial charge in [0.25, 0.3) is 0 Å². The molecule has 0 aromatic heterocycles. The third-order valence-electron chi connectivity index (χ3n) is 4.25. The fourth-order valence-electron chi connectivity index (χ4n) is 2.90. The minimum absolute atomic E-state index is 0.0168. The van der Waals surface area contributed by atoms with Crippen molar-refractivity contribution in [3.05, 3.63) is 29.3 Å². The minimum Gasteiger partial charge on any atom is -0.468 e. The fourth-order valence-corrected chi connectivity index (χ4v) is 3.09. The zero-order valence-corrected chi connectivity index (χ0v) is 13.2. The van der Waals surface area contributed by atoms with E-state index < -0.39 is 0 Å². The smallest absolute Gasteiger partial charge is 0.323 e. The molecule has 0 spiro atoms. The summed E-state index contributed by atoms with van der Waals surface area (Å²) in [6.45, 7) is 0.620. The Kier molecular flexibility index (Phi) is 4.36. The molecule has 1 amide bonds. The molecule has 3 rings (SSSR count). The average molecular weight is 323 g/mol. The molecule has 1 aliphatic heterocycles. The highest BCUT2D eigenvalue weighted by Gasteiger charge is 2.42. The average Bonchev–Trinajstić information content (AvgIpc) is 3.28. The van der Waals surface area contributed by atoms with Gasteiger partial charge < -0.3 is 9.64 Å². The van der Waals surface area contributed by atoms with E-state index in [4.69, 9.17) is 16.3 Å². The molecule has 1 aliphatic carbocycles. The highest BCUT2D eigenvalue weighted by atomic mass is 35.5. The number of hydrogen-bond donors (Lipinski definition) is 1. The molecular formula is C16H19ClN2O3. The quantitative estimate of drug-likeness (QED) is 0.842. The van der Waals surface area contributed by atoms with Crippen LogP contribution in [0.15, 0.2) is 24.3 Å². The largest absolute Gasteiger partial charge is 0.468 e. The molecule has 22 heavy (non-hydrogen) atoms. The van der Waals surface area contributed by atoms with E-state index in [-0.39, 0.29) is 24.0 Å². The van der Waals surface area contributed by atoms with Crippen molar-refractivity contribution in [1.29, 1.82) is 0 Å². The van der Waals surface area contributed by atoms with Crippen molar-refractivity contribution in [1.82, 2.24) is 5.32 Å². The molecule has 1 aromatic rings. The van der Waals surface area contributed by atoms with Gasteiger partial charge in [-0.3, -0.25) is 14.9 Å². The van der Waals surface area contributed by atoms with Crippen LogP contribution in [0.2, 0.25) is 5.02 Å². The Balaban J connectivity index is 1.69. The second-order valence-corrected chi connectivity index (χ2v) is 6.25. The van der Waals surface area contributed by atoms with E-state index in [2.05, 4.69) is 5.32 Å². The van der Waals surface area contributed by atoms with E-state index in [0.717, 1.165) is 18.5 Å². The van der Waals surface area contributed by atoms with Crippen LogP contribution in [-0.4, -0.2) is 37.6 Å². The maximum atomic E-state index is 12.6. The third kappa shape index (κ3) is 3.10. The maximum absolute atomic E-state index is 12.6. The minimum atomic E-state index is -0.377. The Labute approximate surface area is 134 Å². The van der Waals surface area contributed by atoms with Crippen LogP contribution in [0.3, 0.4) is 0 Å².